The molecule has 0 saturated heterocycles. The maximum absolute atomic E-state index is 15.8. The van der Waals surface area contributed by atoms with Crippen LogP contribution in [0.3, 0.4) is 0 Å². The Morgan fingerprint density at radius 2 is 1.82 bits per heavy atom. The van der Waals surface area contributed by atoms with E-state index in [0.717, 1.165) is 19.3 Å². The molecule has 3 fully saturated rings. The van der Waals surface area contributed by atoms with Crippen LogP contribution >= 0.6 is 0 Å². The van der Waals surface area contributed by atoms with Crippen LogP contribution in [0.25, 0.3) is 0 Å². The second kappa shape index (κ2) is 9.03. The molecule has 5 rings (SSSR count). The summed E-state index contributed by atoms with van der Waals surface area (Å²) >= 11 is 0. The van der Waals surface area contributed by atoms with Crippen LogP contribution in [-0.4, -0.2) is 87.9 Å². The van der Waals surface area contributed by atoms with Crippen molar-refractivity contribution >= 4 is 29.0 Å². The summed E-state index contributed by atoms with van der Waals surface area (Å²) in [4.78, 5) is 69.2. The molecule has 1 aromatic carbocycles. The van der Waals surface area contributed by atoms with Crippen LogP contribution in [0.5, 0.6) is 5.75 Å². The van der Waals surface area contributed by atoms with Crippen molar-refractivity contribution in [1.82, 2.24) is 9.80 Å². The van der Waals surface area contributed by atoms with Gasteiger partial charge in [0.25, 0.3) is 0 Å². The lowest BCUT2D eigenvalue weighted by Crippen LogP contribution is -2.74. The van der Waals surface area contributed by atoms with E-state index in [-0.39, 0.29) is 36.1 Å². The first-order chi connectivity index (χ1) is 17.8. The molecule has 1 aromatic rings. The predicted octanol–water partition coefficient (Wildman–Crippen LogP) is -0.00960. The summed E-state index contributed by atoms with van der Waals surface area (Å²) in [6, 6.07) is 0.320. The Labute approximate surface area is 218 Å². The second-order valence-corrected chi connectivity index (χ2v) is 11.5. The number of Topliss-reactive ketones (excluding diaryl/α,β-unsaturated/α-hetero) is 4. The van der Waals surface area contributed by atoms with E-state index in [1.807, 2.05) is 11.9 Å². The number of primary amides is 1. The van der Waals surface area contributed by atoms with Crippen LogP contribution in [0, 0.1) is 29.5 Å². The molecule has 1 amide bonds. The van der Waals surface area contributed by atoms with Gasteiger partial charge in [-0.25, -0.2) is 4.39 Å². The zero-order valence-electron chi connectivity index (χ0n) is 21.6. The lowest BCUT2D eigenvalue weighted by Gasteiger charge is -2.52. The van der Waals surface area contributed by atoms with E-state index < -0.39 is 75.9 Å². The van der Waals surface area contributed by atoms with Crippen LogP contribution in [-0.2, 0) is 32.1 Å². The number of fused-ring (bicyclic) bond motifs is 3. The van der Waals surface area contributed by atoms with E-state index in [0.29, 0.717) is 6.04 Å². The number of carbonyl (C=O) groups is 5. The molecule has 10 nitrogen and oxygen atoms in total. The predicted molar refractivity (Wildman–Crippen MR) is 130 cm³/mol. The van der Waals surface area contributed by atoms with Crippen molar-refractivity contribution in [3.63, 3.8) is 0 Å². The van der Waals surface area contributed by atoms with Crippen LogP contribution < -0.4 is 5.73 Å². The molecule has 38 heavy (non-hydrogen) atoms. The van der Waals surface area contributed by atoms with E-state index in [1.54, 1.807) is 0 Å². The van der Waals surface area contributed by atoms with Gasteiger partial charge in [0, 0.05) is 29.6 Å². The van der Waals surface area contributed by atoms with Crippen molar-refractivity contribution in [3.05, 3.63) is 28.6 Å². The van der Waals surface area contributed by atoms with Crippen LogP contribution in [0.4, 0.5) is 4.39 Å². The van der Waals surface area contributed by atoms with Gasteiger partial charge in [0.1, 0.15) is 11.6 Å². The van der Waals surface area contributed by atoms with Crippen molar-refractivity contribution in [1.29, 1.82) is 0 Å². The molecule has 0 aromatic heterocycles. The Bertz CT molecular complexity index is 1280. The molecule has 0 heterocycles. The first kappa shape index (κ1) is 26.6. The number of phenolic OH excluding ortho intramolecular Hbond substituents is 1. The largest absolute Gasteiger partial charge is 0.507 e. The summed E-state index contributed by atoms with van der Waals surface area (Å²) in [7, 11) is 4.90. The molecule has 0 radical (unpaired) electrons. The zero-order chi connectivity index (χ0) is 27.8. The van der Waals surface area contributed by atoms with Crippen LogP contribution in [0.1, 0.15) is 47.2 Å². The number of nitrogens with zero attached hydrogens (tertiary/aromatic N) is 2. The maximum atomic E-state index is 15.8. The molecule has 11 heteroatoms. The minimum absolute atomic E-state index is 0.00335. The van der Waals surface area contributed by atoms with E-state index in [4.69, 9.17) is 5.73 Å². The highest BCUT2D eigenvalue weighted by Gasteiger charge is 2.69. The maximum Gasteiger partial charge on any atom is 0.235 e. The average Bonchev–Trinajstić information content (AvgIpc) is 2.77. The lowest BCUT2D eigenvalue weighted by molar-refractivity contribution is -0.181. The summed E-state index contributed by atoms with van der Waals surface area (Å²) in [5.41, 5.74) is 2.42. The number of likely N-dealkylation sites (N-methyl/N-ethyl adjacent to an activating group) is 1. The van der Waals surface area contributed by atoms with E-state index in [2.05, 4.69) is 0 Å². The molecule has 4 N–H and O–H groups in total. The number of aromatic hydroxyl groups is 1. The number of amides is 1. The van der Waals surface area contributed by atoms with E-state index in [9.17, 15) is 34.2 Å². The third-order valence-electron chi connectivity index (χ3n) is 9.19. The quantitative estimate of drug-likeness (QED) is 0.446. The van der Waals surface area contributed by atoms with Crippen molar-refractivity contribution in [2.24, 2.45) is 29.4 Å². The summed E-state index contributed by atoms with van der Waals surface area (Å²) in [6.07, 6.45) is 2.91. The average molecular weight is 530 g/mol. The van der Waals surface area contributed by atoms with Crippen LogP contribution in [0.2, 0.25) is 0 Å². The normalized spacial score (nSPS) is 33.2. The third-order valence-corrected chi connectivity index (χ3v) is 9.19. The Morgan fingerprint density at radius 3 is 2.37 bits per heavy atom. The van der Waals surface area contributed by atoms with Gasteiger partial charge in [-0.05, 0) is 58.8 Å². The first-order valence-corrected chi connectivity index (χ1v) is 12.9. The zero-order valence-corrected chi connectivity index (χ0v) is 21.6. The molecule has 4 aliphatic rings. The second-order valence-electron chi connectivity index (χ2n) is 11.5. The number of nitrogens with two attached hydrogens (primary N) is 1. The monoisotopic (exact) mass is 529 g/mol. The number of benzene rings is 1. The summed E-state index contributed by atoms with van der Waals surface area (Å²) in [5.74, 6) is -12.2. The fraction of sp³-hybridized carbons (Fsp3) is 0.593. The van der Waals surface area contributed by atoms with E-state index in [1.165, 1.54) is 25.1 Å². The molecule has 3 saturated carbocycles. The molecule has 2 unspecified atom stereocenters. The SMILES string of the molecule is CN(Cc1cc(O)c2c(c1F)C[C@H]1C[C@H]3[C@H](N(C)C)C(=O)C(C(N)=O)C(=O)[C@@]3(O)C(=O)C1C2=O)C1CCC1. The van der Waals surface area contributed by atoms with Crippen LogP contribution in [0.15, 0.2) is 6.07 Å². The highest BCUT2D eigenvalue weighted by molar-refractivity contribution is 6.32. The first-order valence-electron chi connectivity index (χ1n) is 12.9. The van der Waals surface area contributed by atoms with E-state index >= 15 is 4.39 Å². The summed E-state index contributed by atoms with van der Waals surface area (Å²) in [6.45, 7) is 0.237. The standard InChI is InChI=1S/C27H32FN3O7/c1-30(2)21-15-8-11-7-14-18(16(32)9-12(20(14)28)10-31(3)13-5-4-6-13)22(33)17(11)24(35)27(15,38)25(36)19(23(21)34)26(29)37/h9,11,13,15,17,19,21,32,38H,4-8,10H2,1-3H3,(H2,29,37)/t11-,15-,17?,19?,21-,27-/m0/s1. The molecule has 0 spiro atoms. The van der Waals surface area contributed by atoms with Crippen molar-refractivity contribution in [3.8, 4) is 5.75 Å². The molecule has 0 aliphatic heterocycles. The number of phenols is 1. The van der Waals surface area contributed by atoms with Gasteiger partial charge in [-0.3, -0.25) is 33.8 Å². The number of ketones is 4. The van der Waals surface area contributed by atoms with Crippen molar-refractivity contribution < 1.29 is 38.6 Å². The van der Waals surface area contributed by atoms with Crippen molar-refractivity contribution in [2.75, 3.05) is 21.1 Å². The lowest BCUT2D eigenvalue weighted by atomic mass is 9.52. The summed E-state index contributed by atoms with van der Waals surface area (Å²) < 4.78 is 15.8. The minimum Gasteiger partial charge on any atom is -0.507 e. The Hall–Kier alpha value is -3.02. The third kappa shape index (κ3) is 3.59. The van der Waals surface area contributed by atoms with Gasteiger partial charge in [0.2, 0.25) is 5.91 Å². The Balaban J connectivity index is 1.57. The minimum atomic E-state index is -2.80. The summed E-state index contributed by atoms with van der Waals surface area (Å²) in [5, 5.41) is 22.3. The number of halogens is 1. The number of carbonyl (C=O) groups excluding carboxylic acids is 5. The van der Waals surface area contributed by atoms with Gasteiger partial charge in [0.15, 0.2) is 34.7 Å². The fourth-order valence-electron chi connectivity index (χ4n) is 7.05. The molecule has 204 valence electrons. The smallest absolute Gasteiger partial charge is 0.235 e. The Kier molecular flexibility index (Phi) is 6.32. The van der Waals surface area contributed by atoms with Gasteiger partial charge >= 0.3 is 0 Å². The number of aliphatic hydroxyl groups is 1. The molecular weight excluding hydrogens is 497 g/mol. The van der Waals surface area contributed by atoms with Gasteiger partial charge in [0.05, 0.1) is 17.5 Å². The highest BCUT2D eigenvalue weighted by atomic mass is 19.1. The van der Waals surface area contributed by atoms with Gasteiger partial charge in [-0.2, -0.15) is 0 Å². The molecule has 6 atom stereocenters. The van der Waals surface area contributed by atoms with Gasteiger partial charge < -0.3 is 15.9 Å². The molecular formula is C27H32FN3O7. The fourth-order valence-corrected chi connectivity index (χ4v) is 7.05. The molecule has 4 aliphatic carbocycles. The number of hydrogen-bond donors (Lipinski definition) is 3. The van der Waals surface area contributed by atoms with Gasteiger partial charge in [-0.15, -0.1) is 0 Å². The van der Waals surface area contributed by atoms with Gasteiger partial charge in [-0.1, -0.05) is 6.42 Å². The number of rotatable bonds is 5. The number of hydrogen-bond acceptors (Lipinski definition) is 9. The molecule has 0 bridgehead atoms. The Morgan fingerprint density at radius 1 is 1.16 bits per heavy atom. The highest BCUT2D eigenvalue weighted by Crippen LogP contribution is 2.51. The topological polar surface area (TPSA) is 158 Å². The van der Waals surface area contributed by atoms with Crippen molar-refractivity contribution in [2.45, 2.75) is 56.3 Å².